The molecule has 3 nitrogen and oxygen atoms in total. The van der Waals surface area contributed by atoms with Crippen molar-refractivity contribution in [2.75, 3.05) is 5.88 Å². The number of rotatable bonds is 5. The first-order valence-corrected chi connectivity index (χ1v) is 7.86. The summed E-state index contributed by atoms with van der Waals surface area (Å²) in [4.78, 5) is 0.310. The van der Waals surface area contributed by atoms with Crippen LogP contribution in [0.25, 0.3) is 0 Å². The molecule has 0 amide bonds. The highest BCUT2D eigenvalue weighted by Crippen LogP contribution is 2.12. The molecule has 0 atom stereocenters. The lowest BCUT2D eigenvalue weighted by Gasteiger charge is -2.10. The molecule has 0 saturated carbocycles. The lowest BCUT2D eigenvalue weighted by Crippen LogP contribution is -2.22. The normalized spacial score (nSPS) is 10.1. The average Bonchev–Trinajstić information content (AvgIpc) is 2.38. The van der Waals surface area contributed by atoms with E-state index in [2.05, 4.69) is 18.5 Å². The first-order valence-electron chi connectivity index (χ1n) is 6.21. The fourth-order valence-electron chi connectivity index (χ4n) is 1.16. The molecular weight excluding hydrogens is 258 g/mol. The van der Waals surface area contributed by atoms with E-state index in [0.29, 0.717) is 10.6 Å². The van der Waals surface area contributed by atoms with Crippen molar-refractivity contribution in [1.29, 1.82) is 0 Å². The van der Waals surface area contributed by atoms with Gasteiger partial charge in [0.2, 0.25) is 0 Å². The lowest BCUT2D eigenvalue weighted by molar-refractivity contribution is 0.592. The molecule has 0 spiro atoms. The van der Waals surface area contributed by atoms with Crippen LogP contribution in [0.5, 0.6) is 0 Å². The number of allylic oxidation sites excluding steroid dienone is 1. The molecule has 1 rings (SSSR count). The van der Waals surface area contributed by atoms with Crippen LogP contribution in [-0.2, 0) is 9.84 Å². The number of benzene rings is 1. The van der Waals surface area contributed by atoms with Crippen LogP contribution >= 0.6 is 0 Å². The number of nitrogens with one attached hydrogen (secondary N) is 1. The van der Waals surface area contributed by atoms with Gasteiger partial charge in [0.15, 0.2) is 9.84 Å². The Bertz CT molecular complexity index is 528. The second kappa shape index (κ2) is 7.79. The van der Waals surface area contributed by atoms with Gasteiger partial charge in [-0.25, -0.2) is 8.42 Å². The van der Waals surface area contributed by atoms with Crippen LogP contribution in [-0.4, -0.2) is 14.3 Å². The minimum absolute atomic E-state index is 0.165. The zero-order valence-corrected chi connectivity index (χ0v) is 13.0. The van der Waals surface area contributed by atoms with Crippen molar-refractivity contribution in [2.24, 2.45) is 0 Å². The van der Waals surface area contributed by atoms with E-state index in [1.54, 1.807) is 31.2 Å². The van der Waals surface area contributed by atoms with Crippen molar-refractivity contribution in [3.63, 3.8) is 0 Å². The highest BCUT2D eigenvalue weighted by atomic mass is 32.2. The van der Waals surface area contributed by atoms with Gasteiger partial charge in [0.1, 0.15) is 5.88 Å². The topological polar surface area (TPSA) is 46.2 Å². The van der Waals surface area contributed by atoms with Crippen molar-refractivity contribution < 1.29 is 8.42 Å². The predicted octanol–water partition coefficient (Wildman–Crippen LogP) is 3.43. The Labute approximate surface area is 117 Å². The molecule has 19 heavy (non-hydrogen) atoms. The third-order valence-corrected chi connectivity index (χ3v) is 3.89. The monoisotopic (exact) mass is 281 g/mol. The Morgan fingerprint density at radius 2 is 1.63 bits per heavy atom. The zero-order chi connectivity index (χ0) is 15.1. The van der Waals surface area contributed by atoms with E-state index in [0.717, 1.165) is 11.1 Å². The Morgan fingerprint density at radius 1 is 1.16 bits per heavy atom. The fourth-order valence-corrected chi connectivity index (χ4v) is 2.24. The van der Waals surface area contributed by atoms with Crippen molar-refractivity contribution in [1.82, 2.24) is 5.32 Å². The minimum atomic E-state index is -3.32. The summed E-state index contributed by atoms with van der Waals surface area (Å²) < 4.78 is 23.9. The molecule has 1 aromatic rings. The third kappa shape index (κ3) is 5.75. The molecule has 0 aliphatic heterocycles. The second-order valence-corrected chi connectivity index (χ2v) is 6.00. The van der Waals surface area contributed by atoms with Crippen molar-refractivity contribution in [2.45, 2.75) is 32.6 Å². The van der Waals surface area contributed by atoms with Crippen molar-refractivity contribution >= 4 is 9.84 Å². The molecule has 0 aliphatic rings. The molecule has 0 unspecified atom stereocenters. The molecular formula is C15H23NO2S. The summed E-state index contributed by atoms with van der Waals surface area (Å²) in [7, 11) is -3.32. The van der Waals surface area contributed by atoms with Gasteiger partial charge in [-0.05, 0) is 31.6 Å². The van der Waals surface area contributed by atoms with E-state index in [4.69, 9.17) is 0 Å². The maximum atomic E-state index is 11.9. The molecule has 0 saturated heterocycles. The number of sulfone groups is 1. The van der Waals surface area contributed by atoms with E-state index in [-0.39, 0.29) is 5.88 Å². The zero-order valence-electron chi connectivity index (χ0n) is 12.2. The van der Waals surface area contributed by atoms with Crippen LogP contribution in [0.1, 0.15) is 26.3 Å². The summed E-state index contributed by atoms with van der Waals surface area (Å²) in [6.45, 7) is 15.1. The van der Waals surface area contributed by atoms with Gasteiger partial charge in [-0.3, -0.25) is 0 Å². The molecule has 1 N–H and O–H groups in total. The molecule has 1 aromatic carbocycles. The average molecular weight is 281 g/mol. The van der Waals surface area contributed by atoms with Crippen LogP contribution in [0, 0.1) is 6.92 Å². The van der Waals surface area contributed by atoms with Gasteiger partial charge in [-0.15, -0.1) is 0 Å². The van der Waals surface area contributed by atoms with E-state index < -0.39 is 9.84 Å². The molecule has 0 radical (unpaired) electrons. The van der Waals surface area contributed by atoms with Crippen LogP contribution in [0.4, 0.5) is 0 Å². The van der Waals surface area contributed by atoms with Gasteiger partial charge in [0.25, 0.3) is 0 Å². The smallest absolute Gasteiger partial charge is 0.196 e. The summed E-state index contributed by atoms with van der Waals surface area (Å²) in [6, 6.07) is 6.77. The van der Waals surface area contributed by atoms with Crippen LogP contribution in [0.3, 0.4) is 0 Å². The Balaban J connectivity index is 0.00000154. The van der Waals surface area contributed by atoms with Gasteiger partial charge in [0, 0.05) is 5.70 Å². The van der Waals surface area contributed by atoms with Crippen LogP contribution in [0.2, 0.25) is 0 Å². The SMILES string of the molecule is C=C(C)C(=C)NCS(=O)(=O)c1ccc(C)cc1.CC. The molecule has 0 bridgehead atoms. The van der Waals surface area contributed by atoms with Gasteiger partial charge < -0.3 is 5.32 Å². The molecule has 0 aliphatic carbocycles. The van der Waals surface area contributed by atoms with Crippen LogP contribution in [0.15, 0.2) is 53.6 Å². The largest absolute Gasteiger partial charge is 0.372 e. The first kappa shape index (κ1) is 17.4. The predicted molar refractivity (Wildman–Crippen MR) is 81.7 cm³/mol. The maximum absolute atomic E-state index is 11.9. The highest BCUT2D eigenvalue weighted by Gasteiger charge is 2.13. The van der Waals surface area contributed by atoms with E-state index in [1.165, 1.54) is 0 Å². The van der Waals surface area contributed by atoms with Gasteiger partial charge >= 0.3 is 0 Å². The molecule has 0 aromatic heterocycles. The highest BCUT2D eigenvalue weighted by molar-refractivity contribution is 7.91. The standard InChI is InChI=1S/C13H17NO2S.C2H6/c1-10(2)12(4)14-9-17(15,16)13-7-5-11(3)6-8-13;1-2/h5-8,14H,1,4,9H2,2-3H3;1-2H3. The number of hydrogen-bond acceptors (Lipinski definition) is 3. The Hall–Kier alpha value is -1.55. The molecule has 106 valence electrons. The number of aryl methyl sites for hydroxylation is 1. The minimum Gasteiger partial charge on any atom is -0.372 e. The maximum Gasteiger partial charge on any atom is 0.196 e. The summed E-state index contributed by atoms with van der Waals surface area (Å²) >= 11 is 0. The lowest BCUT2D eigenvalue weighted by atomic mass is 10.2. The second-order valence-electron chi connectivity index (χ2n) is 4.01. The summed E-state index contributed by atoms with van der Waals surface area (Å²) in [6.07, 6.45) is 0. The van der Waals surface area contributed by atoms with E-state index in [1.807, 2.05) is 20.8 Å². The molecule has 4 heteroatoms. The quantitative estimate of drug-likeness (QED) is 0.841. The first-order chi connectivity index (χ1) is 8.83. The van der Waals surface area contributed by atoms with Gasteiger partial charge in [0.05, 0.1) is 4.90 Å². The summed E-state index contributed by atoms with van der Waals surface area (Å²) in [5.74, 6) is -0.165. The van der Waals surface area contributed by atoms with Gasteiger partial charge in [-0.1, -0.05) is 44.7 Å². The fraction of sp³-hybridized carbons (Fsp3) is 0.333. The van der Waals surface area contributed by atoms with Crippen LogP contribution < -0.4 is 5.32 Å². The Kier molecular flexibility index (Phi) is 7.16. The van der Waals surface area contributed by atoms with Gasteiger partial charge in [-0.2, -0.15) is 0 Å². The van der Waals surface area contributed by atoms with E-state index >= 15 is 0 Å². The summed E-state index contributed by atoms with van der Waals surface area (Å²) in [5, 5.41) is 2.75. The molecule has 0 heterocycles. The van der Waals surface area contributed by atoms with Crippen molar-refractivity contribution in [3.8, 4) is 0 Å². The van der Waals surface area contributed by atoms with E-state index in [9.17, 15) is 8.42 Å². The molecule has 0 fully saturated rings. The third-order valence-electron chi connectivity index (χ3n) is 2.37. The number of hydrogen-bond donors (Lipinski definition) is 1. The Morgan fingerprint density at radius 3 is 2.05 bits per heavy atom. The summed E-state index contributed by atoms with van der Waals surface area (Å²) in [5.41, 5.74) is 2.30. The van der Waals surface area contributed by atoms with Crippen molar-refractivity contribution in [3.05, 3.63) is 54.3 Å².